The van der Waals surface area contributed by atoms with Crippen molar-refractivity contribution in [2.75, 3.05) is 18.4 Å². The SMILES string of the molecule is CC(C)N1CCC(C#N)(Nc2ccc(Cl)c(Br)c2)C1. The van der Waals surface area contributed by atoms with Crippen molar-refractivity contribution in [3.05, 3.63) is 27.7 Å². The second kappa shape index (κ2) is 5.70. The third kappa shape index (κ3) is 3.22. The summed E-state index contributed by atoms with van der Waals surface area (Å²) in [5, 5.41) is 13.6. The first-order chi connectivity index (χ1) is 8.96. The van der Waals surface area contributed by atoms with Gasteiger partial charge in [0, 0.05) is 29.3 Å². The maximum atomic E-state index is 9.52. The van der Waals surface area contributed by atoms with Crippen LogP contribution < -0.4 is 5.32 Å². The average Bonchev–Trinajstić information content (AvgIpc) is 2.79. The lowest BCUT2D eigenvalue weighted by molar-refractivity contribution is 0.268. The van der Waals surface area contributed by atoms with Crippen molar-refractivity contribution in [3.8, 4) is 6.07 Å². The summed E-state index contributed by atoms with van der Waals surface area (Å²) in [6.07, 6.45) is 0.835. The van der Waals surface area contributed by atoms with Crippen molar-refractivity contribution in [2.45, 2.75) is 31.8 Å². The molecule has 0 aliphatic carbocycles. The number of nitriles is 1. The molecule has 0 saturated carbocycles. The van der Waals surface area contributed by atoms with Crippen molar-refractivity contribution in [3.63, 3.8) is 0 Å². The van der Waals surface area contributed by atoms with E-state index in [1.807, 2.05) is 18.2 Å². The minimum Gasteiger partial charge on any atom is -0.366 e. The maximum Gasteiger partial charge on any atom is 0.139 e. The fourth-order valence-electron chi connectivity index (χ4n) is 2.35. The first-order valence-corrected chi connectivity index (χ1v) is 7.51. The molecule has 3 nitrogen and oxygen atoms in total. The molecule has 0 aromatic heterocycles. The minimum atomic E-state index is -0.502. The summed E-state index contributed by atoms with van der Waals surface area (Å²) in [4.78, 5) is 2.32. The van der Waals surface area contributed by atoms with Gasteiger partial charge in [0.25, 0.3) is 0 Å². The van der Waals surface area contributed by atoms with E-state index in [0.29, 0.717) is 11.1 Å². The highest BCUT2D eigenvalue weighted by atomic mass is 79.9. The topological polar surface area (TPSA) is 39.1 Å². The van der Waals surface area contributed by atoms with Crippen LogP contribution in [0.15, 0.2) is 22.7 Å². The van der Waals surface area contributed by atoms with E-state index < -0.39 is 5.54 Å². The Morgan fingerprint density at radius 2 is 2.26 bits per heavy atom. The number of benzene rings is 1. The molecule has 5 heteroatoms. The zero-order valence-corrected chi connectivity index (χ0v) is 13.4. The van der Waals surface area contributed by atoms with Gasteiger partial charge in [-0.05, 0) is 54.4 Å². The van der Waals surface area contributed by atoms with Crippen LogP contribution >= 0.6 is 27.5 Å². The molecule has 0 bridgehead atoms. The lowest BCUT2D eigenvalue weighted by atomic mass is 10.0. The van der Waals surface area contributed by atoms with Crippen molar-refractivity contribution in [1.82, 2.24) is 4.90 Å². The molecule has 102 valence electrons. The van der Waals surface area contributed by atoms with Gasteiger partial charge in [-0.2, -0.15) is 5.26 Å². The molecule has 1 atom stereocenters. The summed E-state index contributed by atoms with van der Waals surface area (Å²) in [6.45, 7) is 6.02. The minimum absolute atomic E-state index is 0.467. The zero-order valence-electron chi connectivity index (χ0n) is 11.1. The van der Waals surface area contributed by atoms with E-state index >= 15 is 0 Å². The number of nitrogens with one attached hydrogen (secondary N) is 1. The number of halogens is 2. The lowest BCUT2D eigenvalue weighted by Crippen LogP contribution is -2.41. The van der Waals surface area contributed by atoms with Crippen LogP contribution in [0.2, 0.25) is 5.02 Å². The highest BCUT2D eigenvalue weighted by Gasteiger charge is 2.39. The number of hydrogen-bond donors (Lipinski definition) is 1. The number of rotatable bonds is 3. The largest absolute Gasteiger partial charge is 0.366 e. The van der Waals surface area contributed by atoms with Crippen LogP contribution in [0.25, 0.3) is 0 Å². The van der Waals surface area contributed by atoms with Crippen molar-refractivity contribution in [1.29, 1.82) is 5.26 Å². The molecule has 0 amide bonds. The van der Waals surface area contributed by atoms with Gasteiger partial charge in [0.05, 0.1) is 11.1 Å². The second-order valence-corrected chi connectivity index (χ2v) is 6.52. The Balaban J connectivity index is 2.16. The Morgan fingerprint density at radius 1 is 1.53 bits per heavy atom. The molecule has 1 fully saturated rings. The van der Waals surface area contributed by atoms with Crippen molar-refractivity contribution in [2.24, 2.45) is 0 Å². The van der Waals surface area contributed by atoms with E-state index in [1.54, 1.807) is 0 Å². The number of anilines is 1. The second-order valence-electron chi connectivity index (χ2n) is 5.26. The van der Waals surface area contributed by atoms with Crippen LogP contribution in [0.3, 0.4) is 0 Å². The summed E-state index contributed by atoms with van der Waals surface area (Å²) in [5.41, 5.74) is 0.417. The highest BCUT2D eigenvalue weighted by molar-refractivity contribution is 9.10. The Morgan fingerprint density at radius 3 is 2.79 bits per heavy atom. The molecule has 1 saturated heterocycles. The summed E-state index contributed by atoms with van der Waals surface area (Å²) in [5.74, 6) is 0. The molecule has 1 N–H and O–H groups in total. The van der Waals surface area contributed by atoms with E-state index in [1.165, 1.54) is 0 Å². The first-order valence-electron chi connectivity index (χ1n) is 6.34. The van der Waals surface area contributed by atoms with E-state index in [2.05, 4.69) is 46.1 Å². The molecule has 1 aromatic carbocycles. The van der Waals surface area contributed by atoms with Gasteiger partial charge in [-0.25, -0.2) is 0 Å². The molecule has 0 radical (unpaired) electrons. The van der Waals surface area contributed by atoms with Gasteiger partial charge in [-0.1, -0.05) is 11.6 Å². The van der Waals surface area contributed by atoms with Crippen LogP contribution in [0.4, 0.5) is 5.69 Å². The fraction of sp³-hybridized carbons (Fsp3) is 0.500. The van der Waals surface area contributed by atoms with Gasteiger partial charge in [-0.3, -0.25) is 4.90 Å². The van der Waals surface area contributed by atoms with Gasteiger partial charge in [0.1, 0.15) is 5.54 Å². The molecule has 0 spiro atoms. The molecular weight excluding hydrogens is 326 g/mol. The Hall–Kier alpha value is -0.760. The van der Waals surface area contributed by atoms with Crippen LogP contribution in [0, 0.1) is 11.3 Å². The smallest absolute Gasteiger partial charge is 0.139 e. The van der Waals surface area contributed by atoms with E-state index in [4.69, 9.17) is 11.6 Å². The van der Waals surface area contributed by atoms with E-state index in [0.717, 1.165) is 29.7 Å². The molecule has 1 aliphatic rings. The molecule has 1 heterocycles. The van der Waals surface area contributed by atoms with Crippen LogP contribution in [0.5, 0.6) is 0 Å². The average molecular weight is 343 g/mol. The number of nitrogens with zero attached hydrogens (tertiary/aromatic N) is 2. The number of likely N-dealkylation sites (tertiary alicyclic amines) is 1. The lowest BCUT2D eigenvalue weighted by Gasteiger charge is -2.26. The van der Waals surface area contributed by atoms with Gasteiger partial charge >= 0.3 is 0 Å². The monoisotopic (exact) mass is 341 g/mol. The summed E-state index contributed by atoms with van der Waals surface area (Å²) in [6, 6.07) is 8.56. The summed E-state index contributed by atoms with van der Waals surface area (Å²) < 4.78 is 0.839. The van der Waals surface area contributed by atoms with Gasteiger partial charge in [0.2, 0.25) is 0 Å². The molecular formula is C14H17BrClN3. The van der Waals surface area contributed by atoms with Gasteiger partial charge in [0.15, 0.2) is 0 Å². The van der Waals surface area contributed by atoms with Gasteiger partial charge < -0.3 is 5.32 Å². The zero-order chi connectivity index (χ0) is 14.0. The molecule has 19 heavy (non-hydrogen) atoms. The first kappa shape index (κ1) is 14.6. The maximum absolute atomic E-state index is 9.52. The van der Waals surface area contributed by atoms with Crippen LogP contribution in [-0.2, 0) is 0 Å². The predicted molar refractivity (Wildman–Crippen MR) is 82.4 cm³/mol. The highest BCUT2D eigenvalue weighted by Crippen LogP contribution is 2.30. The fourth-order valence-corrected chi connectivity index (χ4v) is 2.85. The normalized spacial score (nSPS) is 23.6. The Bertz CT molecular complexity index is 512. The summed E-state index contributed by atoms with van der Waals surface area (Å²) >= 11 is 9.39. The molecule has 2 rings (SSSR count). The van der Waals surface area contributed by atoms with E-state index in [-0.39, 0.29) is 0 Å². The van der Waals surface area contributed by atoms with Gasteiger partial charge in [-0.15, -0.1) is 0 Å². The van der Waals surface area contributed by atoms with Crippen LogP contribution in [-0.4, -0.2) is 29.6 Å². The standard InChI is InChI=1S/C14H17BrClN3/c1-10(2)19-6-5-14(8-17,9-19)18-11-3-4-13(16)12(15)7-11/h3-4,7,10,18H,5-6,9H2,1-2H3. The third-order valence-corrected chi connectivity index (χ3v) is 4.76. The van der Waals surface area contributed by atoms with E-state index in [9.17, 15) is 5.26 Å². The molecule has 1 unspecified atom stereocenters. The predicted octanol–water partition coefficient (Wildman–Crippen LogP) is 3.89. The quantitative estimate of drug-likeness (QED) is 0.905. The van der Waals surface area contributed by atoms with Crippen LogP contribution in [0.1, 0.15) is 20.3 Å². The third-order valence-electron chi connectivity index (χ3n) is 3.55. The Labute approximate surface area is 127 Å². The summed E-state index contributed by atoms with van der Waals surface area (Å²) in [7, 11) is 0. The Kier molecular flexibility index (Phi) is 4.39. The van der Waals surface area contributed by atoms with Crippen molar-refractivity contribution < 1.29 is 0 Å². The number of hydrogen-bond acceptors (Lipinski definition) is 3. The molecule has 1 aliphatic heterocycles. The van der Waals surface area contributed by atoms with Crippen molar-refractivity contribution >= 4 is 33.2 Å². The molecule has 1 aromatic rings.